The number of ether oxygens (including phenoxy) is 1. The summed E-state index contributed by atoms with van der Waals surface area (Å²) in [6, 6.07) is 11.2. The van der Waals surface area contributed by atoms with Crippen LogP contribution in [-0.4, -0.2) is 44.4 Å². The van der Waals surface area contributed by atoms with E-state index in [1.807, 2.05) is 51.1 Å². The lowest BCUT2D eigenvalue weighted by atomic mass is 9.84. The van der Waals surface area contributed by atoms with E-state index in [4.69, 9.17) is 9.84 Å². The molecule has 0 aliphatic carbocycles. The largest absolute Gasteiger partial charge is 0.505 e. The molecule has 0 aliphatic heterocycles. The minimum absolute atomic E-state index is 0.00328. The quantitative estimate of drug-likeness (QED) is 0.635. The number of carbonyl (C=O) groups excluding carboxylic acids is 1. The van der Waals surface area contributed by atoms with Crippen molar-refractivity contribution in [1.29, 1.82) is 0 Å². The molecule has 7 heteroatoms. The molecule has 7 nitrogen and oxygen atoms in total. The smallest absolute Gasteiger partial charge is 0.306 e. The van der Waals surface area contributed by atoms with Gasteiger partial charge in [0, 0.05) is 12.0 Å². The van der Waals surface area contributed by atoms with Crippen LogP contribution >= 0.6 is 0 Å². The Morgan fingerprint density at radius 1 is 1.14 bits per heavy atom. The number of phenolic OH excluding ortho intramolecular Hbond substituents is 1. The van der Waals surface area contributed by atoms with Gasteiger partial charge in [0.25, 0.3) is 0 Å². The molecule has 0 radical (unpaired) electrons. The lowest BCUT2D eigenvalue weighted by molar-refractivity contribution is -0.144. The Bertz CT molecular complexity index is 956. The Morgan fingerprint density at radius 3 is 2.36 bits per heavy atom. The number of aromatic nitrogens is 3. The van der Waals surface area contributed by atoms with E-state index in [2.05, 4.69) is 10.2 Å². The van der Waals surface area contributed by atoms with Gasteiger partial charge in [-0.05, 0) is 35.6 Å². The van der Waals surface area contributed by atoms with Crippen molar-refractivity contribution >= 4 is 17.0 Å². The maximum absolute atomic E-state index is 11.8. The van der Waals surface area contributed by atoms with Crippen molar-refractivity contribution in [3.63, 3.8) is 0 Å². The van der Waals surface area contributed by atoms with Gasteiger partial charge in [-0.25, -0.2) is 0 Å². The van der Waals surface area contributed by atoms with Crippen LogP contribution in [0.5, 0.6) is 5.75 Å². The van der Waals surface area contributed by atoms with E-state index >= 15 is 0 Å². The summed E-state index contributed by atoms with van der Waals surface area (Å²) in [5.74, 6) is -0.247. The second kappa shape index (κ2) is 7.98. The predicted octanol–water partition coefficient (Wildman–Crippen LogP) is 2.89. The molecule has 0 spiro atoms. The lowest BCUT2D eigenvalue weighted by Crippen LogP contribution is -2.15. The summed E-state index contributed by atoms with van der Waals surface area (Å²) < 4.78 is 4.92. The molecule has 0 bridgehead atoms. The molecular formula is C21H25N3O4. The molecular weight excluding hydrogens is 358 g/mol. The number of aryl methyl sites for hydroxylation is 1. The summed E-state index contributed by atoms with van der Waals surface area (Å²) in [4.78, 5) is 13.2. The van der Waals surface area contributed by atoms with Gasteiger partial charge in [0.2, 0.25) is 0 Å². The van der Waals surface area contributed by atoms with Gasteiger partial charge in [-0.15, -0.1) is 15.0 Å². The zero-order valence-corrected chi connectivity index (χ0v) is 16.3. The van der Waals surface area contributed by atoms with Gasteiger partial charge in [-0.3, -0.25) is 4.79 Å². The number of nitrogens with zero attached hydrogens (tertiary/aromatic N) is 3. The van der Waals surface area contributed by atoms with Gasteiger partial charge < -0.3 is 14.9 Å². The second-order valence-electron chi connectivity index (χ2n) is 7.68. The van der Waals surface area contributed by atoms with E-state index < -0.39 is 0 Å². The van der Waals surface area contributed by atoms with Crippen LogP contribution in [0, 0.1) is 0 Å². The average molecular weight is 383 g/mol. The Hall–Kier alpha value is -2.93. The maximum Gasteiger partial charge on any atom is 0.306 e. The molecule has 28 heavy (non-hydrogen) atoms. The van der Waals surface area contributed by atoms with Crippen LogP contribution in [0.3, 0.4) is 0 Å². The van der Waals surface area contributed by atoms with Gasteiger partial charge in [-0.2, -0.15) is 0 Å². The van der Waals surface area contributed by atoms with Gasteiger partial charge >= 0.3 is 5.97 Å². The molecule has 0 amide bonds. The zero-order valence-electron chi connectivity index (χ0n) is 16.3. The number of benzene rings is 2. The van der Waals surface area contributed by atoms with E-state index in [1.165, 1.54) is 4.80 Å². The van der Waals surface area contributed by atoms with Gasteiger partial charge in [-0.1, -0.05) is 39.0 Å². The first-order valence-electron chi connectivity index (χ1n) is 9.25. The monoisotopic (exact) mass is 383 g/mol. The molecule has 0 atom stereocenters. The first kappa shape index (κ1) is 19.8. The highest BCUT2D eigenvalue weighted by Crippen LogP contribution is 2.36. The van der Waals surface area contributed by atoms with Crippen molar-refractivity contribution < 1.29 is 19.7 Å². The zero-order chi connectivity index (χ0) is 20.3. The highest BCUT2D eigenvalue weighted by Gasteiger charge is 2.23. The van der Waals surface area contributed by atoms with Gasteiger partial charge in [0.05, 0.1) is 6.61 Å². The Kier molecular flexibility index (Phi) is 5.65. The Morgan fingerprint density at radius 2 is 1.79 bits per heavy atom. The van der Waals surface area contributed by atoms with E-state index in [0.29, 0.717) is 12.1 Å². The molecule has 148 valence electrons. The normalized spacial score (nSPS) is 11.7. The van der Waals surface area contributed by atoms with E-state index in [-0.39, 0.29) is 36.8 Å². The second-order valence-corrected chi connectivity index (χ2v) is 7.68. The molecule has 3 rings (SSSR count). The molecule has 0 fully saturated rings. The number of rotatable bonds is 6. The van der Waals surface area contributed by atoms with Crippen molar-refractivity contribution in [2.75, 3.05) is 13.2 Å². The number of carbonyl (C=O) groups is 1. The Balaban J connectivity index is 1.99. The summed E-state index contributed by atoms with van der Waals surface area (Å²) in [6.45, 7) is 5.84. The molecule has 1 aromatic heterocycles. The summed E-state index contributed by atoms with van der Waals surface area (Å²) in [5, 5.41) is 28.6. The van der Waals surface area contributed by atoms with Crippen molar-refractivity contribution in [3.8, 4) is 11.4 Å². The highest BCUT2D eigenvalue weighted by molar-refractivity contribution is 5.74. The molecule has 0 saturated heterocycles. The van der Waals surface area contributed by atoms with Crippen molar-refractivity contribution in [3.05, 3.63) is 47.5 Å². The third-order valence-electron chi connectivity index (χ3n) is 4.43. The van der Waals surface area contributed by atoms with E-state index in [9.17, 15) is 9.90 Å². The predicted molar refractivity (Wildman–Crippen MR) is 106 cm³/mol. The topological polar surface area (TPSA) is 97.5 Å². The fourth-order valence-electron chi connectivity index (χ4n) is 2.99. The van der Waals surface area contributed by atoms with Crippen molar-refractivity contribution in [2.24, 2.45) is 0 Å². The third-order valence-corrected chi connectivity index (χ3v) is 4.43. The summed E-state index contributed by atoms with van der Waals surface area (Å²) in [5.41, 5.74) is 3.26. The number of hydrogen-bond acceptors (Lipinski definition) is 6. The third kappa shape index (κ3) is 4.31. The van der Waals surface area contributed by atoms with Crippen LogP contribution in [0.4, 0.5) is 0 Å². The minimum Gasteiger partial charge on any atom is -0.505 e. The fourth-order valence-corrected chi connectivity index (χ4v) is 2.99. The highest BCUT2D eigenvalue weighted by atomic mass is 16.5. The molecule has 0 aliphatic rings. The van der Waals surface area contributed by atoms with Crippen molar-refractivity contribution in [2.45, 2.75) is 39.0 Å². The van der Waals surface area contributed by atoms with E-state index in [1.54, 1.807) is 6.07 Å². The van der Waals surface area contributed by atoms with Crippen molar-refractivity contribution in [1.82, 2.24) is 15.0 Å². The summed E-state index contributed by atoms with van der Waals surface area (Å²) in [6.07, 6.45) is 0.629. The number of aliphatic hydroxyl groups excluding tert-OH is 1. The number of phenols is 1. The van der Waals surface area contributed by atoms with Crippen LogP contribution in [0.2, 0.25) is 0 Å². The lowest BCUT2D eigenvalue weighted by Gasteiger charge is -2.23. The summed E-state index contributed by atoms with van der Waals surface area (Å²) in [7, 11) is 0. The number of aromatic hydroxyl groups is 1. The van der Waals surface area contributed by atoms with Gasteiger partial charge in [0.15, 0.2) is 0 Å². The summed E-state index contributed by atoms with van der Waals surface area (Å²) >= 11 is 0. The SMILES string of the molecule is CC(C)(C)c1cc(CCC(=O)OCCO)cc(-n2nc3ccccc3n2)c1O. The average Bonchev–Trinajstić information content (AvgIpc) is 3.08. The first-order chi connectivity index (χ1) is 13.3. The minimum atomic E-state index is -0.371. The molecule has 0 saturated carbocycles. The van der Waals surface area contributed by atoms with Crippen LogP contribution < -0.4 is 0 Å². The molecule has 2 N–H and O–H groups in total. The van der Waals surface area contributed by atoms with Crippen LogP contribution in [-0.2, 0) is 21.4 Å². The number of hydrogen-bond donors (Lipinski definition) is 2. The standard InChI is InChI=1S/C21H25N3O4/c1-21(2,3)15-12-14(8-9-19(26)28-11-10-25)13-18(20(15)27)24-22-16-6-4-5-7-17(16)23-24/h4-7,12-13,25,27H,8-11H2,1-3H3. The molecule has 2 aromatic carbocycles. The van der Waals surface area contributed by atoms with Gasteiger partial charge in [0.1, 0.15) is 29.1 Å². The van der Waals surface area contributed by atoms with Crippen LogP contribution in [0.1, 0.15) is 38.3 Å². The fraction of sp³-hybridized carbons (Fsp3) is 0.381. The maximum atomic E-state index is 11.8. The number of aliphatic hydroxyl groups is 1. The molecule has 1 heterocycles. The number of esters is 1. The van der Waals surface area contributed by atoms with Crippen LogP contribution in [0.15, 0.2) is 36.4 Å². The Labute approximate surface area is 163 Å². The first-order valence-corrected chi connectivity index (χ1v) is 9.25. The number of fused-ring (bicyclic) bond motifs is 1. The molecule has 3 aromatic rings. The van der Waals surface area contributed by atoms with Crippen LogP contribution in [0.25, 0.3) is 16.7 Å². The van der Waals surface area contributed by atoms with E-state index in [0.717, 1.165) is 22.2 Å². The molecule has 0 unspecified atom stereocenters.